The fourth-order valence-electron chi connectivity index (χ4n) is 2.78. The zero-order chi connectivity index (χ0) is 19.4. The lowest BCUT2D eigenvalue weighted by molar-refractivity contribution is 0.587. The molecule has 0 aliphatic rings. The van der Waals surface area contributed by atoms with Crippen molar-refractivity contribution in [1.82, 2.24) is 14.3 Å². The zero-order valence-corrected chi connectivity index (χ0v) is 15.2. The molecule has 0 unspecified atom stereocenters. The van der Waals surface area contributed by atoms with Crippen molar-refractivity contribution in [3.63, 3.8) is 0 Å². The molecule has 0 aliphatic carbocycles. The average Bonchev–Trinajstić information content (AvgIpc) is 3.12. The molecule has 0 amide bonds. The van der Waals surface area contributed by atoms with Gasteiger partial charge in [0.1, 0.15) is 22.7 Å². The van der Waals surface area contributed by atoms with E-state index in [-0.39, 0.29) is 16.2 Å². The van der Waals surface area contributed by atoms with Gasteiger partial charge in [0.05, 0.1) is 11.3 Å². The average molecular weight is 377 g/mol. The van der Waals surface area contributed by atoms with Gasteiger partial charge in [0.2, 0.25) is 0 Å². The summed E-state index contributed by atoms with van der Waals surface area (Å²) in [6, 6.07) is 14.9. The minimum Gasteiger partial charge on any atom is -0.316 e. The number of pyridine rings is 1. The lowest BCUT2D eigenvalue weighted by atomic mass is 10.1. The van der Waals surface area contributed by atoms with Gasteiger partial charge in [-0.25, -0.2) is 17.4 Å². The molecular formula is C19H15N5O2S. The van der Waals surface area contributed by atoms with Crippen molar-refractivity contribution in [3.8, 4) is 23.4 Å². The van der Waals surface area contributed by atoms with Crippen LogP contribution in [0.1, 0.15) is 16.8 Å². The van der Waals surface area contributed by atoms with Crippen molar-refractivity contribution in [2.45, 2.75) is 11.4 Å². The molecule has 7 nitrogen and oxygen atoms in total. The molecule has 0 bridgehead atoms. The Bertz CT molecular complexity index is 1180. The molecule has 0 atom stereocenters. The Labute approximate surface area is 157 Å². The minimum atomic E-state index is -4.05. The van der Waals surface area contributed by atoms with E-state index in [2.05, 4.69) is 10.3 Å². The third-order valence-electron chi connectivity index (χ3n) is 3.96. The Hall–Kier alpha value is -3.46. The summed E-state index contributed by atoms with van der Waals surface area (Å²) in [5.74, 6) is 0. The molecule has 27 heavy (non-hydrogen) atoms. The van der Waals surface area contributed by atoms with Gasteiger partial charge in [0, 0.05) is 24.5 Å². The van der Waals surface area contributed by atoms with Crippen LogP contribution < -0.4 is 5.32 Å². The van der Waals surface area contributed by atoms with Gasteiger partial charge in [-0.3, -0.25) is 0 Å². The molecule has 1 N–H and O–H groups in total. The number of nitrogens with zero attached hydrogens (tertiary/aromatic N) is 4. The van der Waals surface area contributed by atoms with E-state index < -0.39 is 10.0 Å². The smallest absolute Gasteiger partial charge is 0.269 e. The van der Waals surface area contributed by atoms with E-state index >= 15 is 0 Å². The summed E-state index contributed by atoms with van der Waals surface area (Å²) >= 11 is 0. The van der Waals surface area contributed by atoms with Gasteiger partial charge in [-0.1, -0.05) is 12.1 Å². The molecule has 134 valence electrons. The van der Waals surface area contributed by atoms with Crippen molar-refractivity contribution in [3.05, 3.63) is 71.7 Å². The Morgan fingerprint density at radius 3 is 2.63 bits per heavy atom. The van der Waals surface area contributed by atoms with E-state index in [9.17, 15) is 18.9 Å². The molecule has 0 aliphatic heterocycles. The Morgan fingerprint density at radius 2 is 1.93 bits per heavy atom. The van der Waals surface area contributed by atoms with Crippen molar-refractivity contribution in [1.29, 1.82) is 10.5 Å². The monoisotopic (exact) mass is 377 g/mol. The first-order chi connectivity index (χ1) is 13.0. The number of nitriles is 2. The molecule has 2 heterocycles. The maximum atomic E-state index is 13.3. The fraction of sp³-hybridized carbons (Fsp3) is 0.105. The van der Waals surface area contributed by atoms with E-state index in [1.54, 1.807) is 37.4 Å². The van der Waals surface area contributed by atoms with Crippen LogP contribution in [-0.4, -0.2) is 24.4 Å². The molecule has 3 rings (SSSR count). The predicted molar refractivity (Wildman–Crippen MR) is 98.9 cm³/mol. The van der Waals surface area contributed by atoms with Gasteiger partial charge < -0.3 is 5.32 Å². The summed E-state index contributed by atoms with van der Waals surface area (Å²) in [5, 5.41) is 21.6. The molecule has 1 aromatic carbocycles. The van der Waals surface area contributed by atoms with Crippen LogP contribution >= 0.6 is 0 Å². The van der Waals surface area contributed by atoms with Crippen LogP contribution in [0.2, 0.25) is 0 Å². The summed E-state index contributed by atoms with van der Waals surface area (Å²) in [7, 11) is -2.30. The topological polar surface area (TPSA) is 112 Å². The highest BCUT2D eigenvalue weighted by atomic mass is 32.2. The highest BCUT2D eigenvalue weighted by molar-refractivity contribution is 7.90. The van der Waals surface area contributed by atoms with Crippen LogP contribution in [0.15, 0.2) is 59.8 Å². The van der Waals surface area contributed by atoms with E-state index in [4.69, 9.17) is 0 Å². The van der Waals surface area contributed by atoms with Crippen LogP contribution in [0.4, 0.5) is 0 Å². The molecule has 0 saturated heterocycles. The first-order valence-corrected chi connectivity index (χ1v) is 9.43. The summed E-state index contributed by atoms with van der Waals surface area (Å²) < 4.78 is 27.7. The predicted octanol–water partition coefficient (Wildman–Crippen LogP) is 2.25. The molecule has 8 heteroatoms. The highest BCUT2D eigenvalue weighted by Gasteiger charge is 2.25. The number of aromatic nitrogens is 2. The van der Waals surface area contributed by atoms with Crippen LogP contribution in [0.25, 0.3) is 11.3 Å². The second kappa shape index (κ2) is 7.42. The molecule has 0 saturated carbocycles. The SMILES string of the molecule is CNCc1cc(-c2cccnc2C#N)n(S(=O)(=O)c2ccccc2C#N)c1. The quantitative estimate of drug-likeness (QED) is 0.730. The molecular weight excluding hydrogens is 362 g/mol. The van der Waals surface area contributed by atoms with Crippen LogP contribution in [0.3, 0.4) is 0 Å². The van der Waals surface area contributed by atoms with E-state index in [1.807, 2.05) is 12.1 Å². The Balaban J connectivity index is 2.30. The van der Waals surface area contributed by atoms with Crippen molar-refractivity contribution in [2.24, 2.45) is 0 Å². The molecule has 3 aromatic rings. The first kappa shape index (κ1) is 18.3. The Morgan fingerprint density at radius 1 is 1.15 bits per heavy atom. The lowest BCUT2D eigenvalue weighted by Gasteiger charge is -2.12. The first-order valence-electron chi connectivity index (χ1n) is 7.99. The third-order valence-corrected chi connectivity index (χ3v) is 5.69. The Kier molecular flexibility index (Phi) is 5.04. The van der Waals surface area contributed by atoms with E-state index in [0.29, 0.717) is 17.8 Å². The van der Waals surface area contributed by atoms with Crippen molar-refractivity contribution >= 4 is 10.0 Å². The maximum absolute atomic E-state index is 13.3. The van der Waals surface area contributed by atoms with E-state index in [1.165, 1.54) is 24.5 Å². The zero-order valence-electron chi connectivity index (χ0n) is 14.4. The largest absolute Gasteiger partial charge is 0.316 e. The molecule has 0 fully saturated rings. The molecule has 0 radical (unpaired) electrons. The van der Waals surface area contributed by atoms with Gasteiger partial charge in [0.25, 0.3) is 10.0 Å². The van der Waals surface area contributed by atoms with Crippen LogP contribution in [0.5, 0.6) is 0 Å². The second-order valence-corrected chi connectivity index (χ2v) is 7.47. The summed E-state index contributed by atoms with van der Waals surface area (Å²) in [5.41, 5.74) is 1.62. The molecule has 2 aromatic heterocycles. The lowest BCUT2D eigenvalue weighted by Crippen LogP contribution is -2.15. The summed E-state index contributed by atoms with van der Waals surface area (Å²) in [4.78, 5) is 3.93. The van der Waals surface area contributed by atoms with Gasteiger partial charge in [0.15, 0.2) is 0 Å². The normalized spacial score (nSPS) is 10.9. The van der Waals surface area contributed by atoms with Crippen LogP contribution in [-0.2, 0) is 16.6 Å². The van der Waals surface area contributed by atoms with Gasteiger partial charge in [-0.2, -0.15) is 10.5 Å². The summed E-state index contributed by atoms with van der Waals surface area (Å²) in [6.07, 6.45) is 2.97. The third kappa shape index (κ3) is 3.32. The fourth-order valence-corrected chi connectivity index (χ4v) is 4.32. The molecule has 0 spiro atoms. The second-order valence-electron chi connectivity index (χ2n) is 5.68. The highest BCUT2D eigenvalue weighted by Crippen LogP contribution is 2.29. The maximum Gasteiger partial charge on any atom is 0.269 e. The number of hydrogen-bond donors (Lipinski definition) is 1. The standard InChI is InChI=1S/C19H15N5O2S/c1-22-12-14-9-18(16-6-4-8-23-17(16)11-21)24(13-14)27(25,26)19-7-3-2-5-15(19)10-20/h2-9,13,22H,12H2,1H3. The van der Waals surface area contributed by atoms with Gasteiger partial charge in [-0.05, 0) is 42.9 Å². The van der Waals surface area contributed by atoms with Crippen molar-refractivity contribution in [2.75, 3.05) is 7.05 Å². The summed E-state index contributed by atoms with van der Waals surface area (Å²) in [6.45, 7) is 0.442. The van der Waals surface area contributed by atoms with Crippen LogP contribution in [0, 0.1) is 22.7 Å². The number of nitrogens with one attached hydrogen (secondary N) is 1. The van der Waals surface area contributed by atoms with Crippen molar-refractivity contribution < 1.29 is 8.42 Å². The van der Waals surface area contributed by atoms with Gasteiger partial charge in [-0.15, -0.1) is 0 Å². The number of benzene rings is 1. The van der Waals surface area contributed by atoms with E-state index in [0.717, 1.165) is 9.54 Å². The minimum absolute atomic E-state index is 0.0546. The van der Waals surface area contributed by atoms with Gasteiger partial charge >= 0.3 is 0 Å². The number of rotatable bonds is 5. The number of hydrogen-bond acceptors (Lipinski definition) is 6.